The van der Waals surface area contributed by atoms with Crippen molar-refractivity contribution in [3.05, 3.63) is 63.2 Å². The highest BCUT2D eigenvalue weighted by atomic mass is 35.5. The van der Waals surface area contributed by atoms with E-state index in [0.717, 1.165) is 13.2 Å². The zero-order chi connectivity index (χ0) is 16.3. The number of methoxy groups -OCH3 is 2. The fraction of sp³-hybridized carbons (Fsp3) is 0.267. The van der Waals surface area contributed by atoms with Crippen molar-refractivity contribution in [3.8, 4) is 0 Å². The van der Waals surface area contributed by atoms with E-state index in [1.54, 1.807) is 30.3 Å². The third kappa shape index (κ3) is 2.51. The van der Waals surface area contributed by atoms with E-state index in [1.165, 1.54) is 7.11 Å². The zero-order valence-corrected chi connectivity index (χ0v) is 12.7. The lowest BCUT2D eigenvalue weighted by Gasteiger charge is -2.32. The number of hydrogen-bond acceptors (Lipinski definition) is 5. The summed E-state index contributed by atoms with van der Waals surface area (Å²) < 4.78 is 9.92. The monoisotopic (exact) mass is 323 g/mol. The van der Waals surface area contributed by atoms with Gasteiger partial charge in [-0.2, -0.15) is 0 Å². The molecular formula is C15H14ClNO5. The number of allylic oxidation sites excluding steroid dienone is 2. The molecule has 0 aromatic heterocycles. The number of nitrogens with zero attached hydrogens (tertiary/aromatic N) is 1. The van der Waals surface area contributed by atoms with Crippen LogP contribution in [0.25, 0.3) is 5.57 Å². The molecule has 0 fully saturated rings. The number of rotatable bonds is 4. The van der Waals surface area contributed by atoms with Crippen LogP contribution in [-0.2, 0) is 14.3 Å². The molecule has 0 saturated carbocycles. The van der Waals surface area contributed by atoms with E-state index in [-0.39, 0.29) is 5.03 Å². The van der Waals surface area contributed by atoms with Gasteiger partial charge >= 0.3 is 11.5 Å². The predicted octanol–water partition coefficient (Wildman–Crippen LogP) is 2.41. The molecule has 1 aliphatic rings. The molecule has 22 heavy (non-hydrogen) atoms. The number of benzene rings is 1. The van der Waals surface area contributed by atoms with Crippen LogP contribution < -0.4 is 0 Å². The first kappa shape index (κ1) is 16.2. The Hall–Kier alpha value is -2.18. The molecule has 0 radical (unpaired) electrons. The first-order valence-electron chi connectivity index (χ1n) is 6.38. The quantitative estimate of drug-likeness (QED) is 0.483. The molecule has 1 aromatic rings. The van der Waals surface area contributed by atoms with Gasteiger partial charge in [0, 0.05) is 23.1 Å². The summed E-state index contributed by atoms with van der Waals surface area (Å²) in [4.78, 5) is 23.1. The van der Waals surface area contributed by atoms with E-state index in [1.807, 2.05) is 6.07 Å². The number of carbonyl (C=O) groups excluding carboxylic acids is 1. The Labute approximate surface area is 132 Å². The molecule has 2 rings (SSSR count). The average Bonchev–Trinajstić information content (AvgIpc) is 2.53. The van der Waals surface area contributed by atoms with E-state index in [2.05, 4.69) is 4.74 Å². The SMILES string of the molecule is COC(=O)C1([N+](=O)[O-])C=C(Cl)C=C(c2ccccc2)C1OC. The first-order chi connectivity index (χ1) is 10.5. The Balaban J connectivity index is 2.66. The second-order valence-electron chi connectivity index (χ2n) is 4.68. The van der Waals surface area contributed by atoms with Crippen LogP contribution >= 0.6 is 11.6 Å². The molecule has 0 heterocycles. The maximum atomic E-state index is 12.1. The molecule has 0 amide bonds. The lowest BCUT2D eigenvalue weighted by molar-refractivity contribution is -0.550. The highest BCUT2D eigenvalue weighted by Crippen LogP contribution is 2.38. The van der Waals surface area contributed by atoms with Crippen molar-refractivity contribution < 1.29 is 19.2 Å². The minimum atomic E-state index is -2.22. The second kappa shape index (κ2) is 6.29. The van der Waals surface area contributed by atoms with Gasteiger partial charge in [-0.1, -0.05) is 41.9 Å². The Morgan fingerprint density at radius 3 is 2.45 bits per heavy atom. The van der Waals surface area contributed by atoms with Gasteiger partial charge in [0.1, 0.15) is 0 Å². The van der Waals surface area contributed by atoms with Crippen molar-refractivity contribution in [3.63, 3.8) is 0 Å². The fourth-order valence-electron chi connectivity index (χ4n) is 2.51. The standard InChI is InChI=1S/C15H14ClNO5/c1-21-13-12(10-6-4-3-5-7-10)8-11(16)9-15(13,17(19)20)14(18)22-2/h3-9,13H,1-2H3. The molecule has 2 atom stereocenters. The maximum absolute atomic E-state index is 12.1. The summed E-state index contributed by atoms with van der Waals surface area (Å²) in [5.74, 6) is -1.04. The smallest absolute Gasteiger partial charge is 0.392 e. The molecule has 0 aliphatic heterocycles. The van der Waals surface area contributed by atoms with Crippen LogP contribution in [0.3, 0.4) is 0 Å². The topological polar surface area (TPSA) is 78.7 Å². The van der Waals surface area contributed by atoms with E-state index in [9.17, 15) is 14.9 Å². The van der Waals surface area contributed by atoms with Gasteiger partial charge in [-0.15, -0.1) is 0 Å². The summed E-state index contributed by atoms with van der Waals surface area (Å²) in [7, 11) is 2.39. The minimum Gasteiger partial charge on any atom is -0.463 e. The highest BCUT2D eigenvalue weighted by Gasteiger charge is 2.61. The molecule has 1 aromatic carbocycles. The largest absolute Gasteiger partial charge is 0.463 e. The summed E-state index contributed by atoms with van der Waals surface area (Å²) in [6.07, 6.45) is 1.45. The van der Waals surface area contributed by atoms with Gasteiger partial charge < -0.3 is 9.47 Å². The van der Waals surface area contributed by atoms with Gasteiger partial charge in [0.25, 0.3) is 0 Å². The van der Waals surface area contributed by atoms with E-state index < -0.39 is 22.5 Å². The number of hydrogen-bond donors (Lipinski definition) is 0. The molecule has 116 valence electrons. The molecule has 7 heteroatoms. The number of carbonyl (C=O) groups is 1. The summed E-state index contributed by atoms with van der Waals surface area (Å²) in [6.45, 7) is 0. The molecule has 0 spiro atoms. The molecule has 6 nitrogen and oxygen atoms in total. The molecule has 1 aliphatic carbocycles. The summed E-state index contributed by atoms with van der Waals surface area (Å²) in [5.41, 5.74) is -1.10. The Kier molecular flexibility index (Phi) is 4.63. The van der Waals surface area contributed by atoms with Crippen LogP contribution in [0.4, 0.5) is 0 Å². The Morgan fingerprint density at radius 1 is 1.32 bits per heavy atom. The summed E-state index contributed by atoms with van der Waals surface area (Å²) in [6, 6.07) is 8.89. The molecule has 0 N–H and O–H groups in total. The van der Waals surface area contributed by atoms with Crippen LogP contribution in [0, 0.1) is 10.1 Å². The van der Waals surface area contributed by atoms with Crippen LogP contribution in [0.15, 0.2) is 47.5 Å². The maximum Gasteiger partial charge on any atom is 0.392 e. The molecular weight excluding hydrogens is 310 g/mol. The van der Waals surface area contributed by atoms with E-state index in [0.29, 0.717) is 11.1 Å². The van der Waals surface area contributed by atoms with Crippen molar-refractivity contribution >= 4 is 23.1 Å². The summed E-state index contributed by atoms with van der Waals surface area (Å²) in [5, 5.41) is 11.7. The fourth-order valence-corrected chi connectivity index (χ4v) is 2.80. The lowest BCUT2D eigenvalue weighted by atomic mass is 9.81. The van der Waals surface area contributed by atoms with Crippen molar-refractivity contribution in [1.29, 1.82) is 0 Å². The van der Waals surface area contributed by atoms with Gasteiger partial charge in [-0.3, -0.25) is 10.1 Å². The molecule has 0 bridgehead atoms. The number of esters is 1. The van der Waals surface area contributed by atoms with Gasteiger partial charge in [-0.25, -0.2) is 4.79 Å². The summed E-state index contributed by atoms with van der Waals surface area (Å²) >= 11 is 6.03. The number of ether oxygens (including phenoxy) is 2. The molecule has 0 saturated heterocycles. The Bertz CT molecular complexity index is 655. The first-order valence-corrected chi connectivity index (χ1v) is 6.76. The van der Waals surface area contributed by atoms with E-state index in [4.69, 9.17) is 16.3 Å². The van der Waals surface area contributed by atoms with Crippen LogP contribution in [-0.4, -0.2) is 36.8 Å². The van der Waals surface area contributed by atoms with Crippen molar-refractivity contribution in [2.45, 2.75) is 11.6 Å². The third-order valence-electron chi connectivity index (χ3n) is 3.49. The van der Waals surface area contributed by atoms with Crippen LogP contribution in [0.5, 0.6) is 0 Å². The normalized spacial score (nSPS) is 24.2. The Morgan fingerprint density at radius 2 is 1.95 bits per heavy atom. The second-order valence-corrected chi connectivity index (χ2v) is 5.12. The van der Waals surface area contributed by atoms with E-state index >= 15 is 0 Å². The average molecular weight is 324 g/mol. The van der Waals surface area contributed by atoms with Gasteiger partial charge in [0.2, 0.25) is 0 Å². The van der Waals surface area contributed by atoms with Crippen LogP contribution in [0.1, 0.15) is 5.56 Å². The van der Waals surface area contributed by atoms with Gasteiger partial charge in [-0.05, 0) is 17.2 Å². The van der Waals surface area contributed by atoms with Crippen molar-refractivity contribution in [2.75, 3.05) is 14.2 Å². The third-order valence-corrected chi connectivity index (χ3v) is 3.71. The van der Waals surface area contributed by atoms with Gasteiger partial charge in [0.05, 0.1) is 7.11 Å². The predicted molar refractivity (Wildman–Crippen MR) is 80.9 cm³/mol. The lowest BCUT2D eigenvalue weighted by Crippen LogP contribution is -2.57. The van der Waals surface area contributed by atoms with Crippen molar-refractivity contribution in [1.82, 2.24) is 0 Å². The highest BCUT2D eigenvalue weighted by molar-refractivity contribution is 6.32. The van der Waals surface area contributed by atoms with Gasteiger partial charge in [0.15, 0.2) is 6.10 Å². The molecule has 2 unspecified atom stereocenters. The number of halogens is 1. The number of nitro groups is 1. The minimum absolute atomic E-state index is 0.0780. The zero-order valence-electron chi connectivity index (χ0n) is 12.0. The van der Waals surface area contributed by atoms with Crippen LogP contribution in [0.2, 0.25) is 0 Å². The van der Waals surface area contributed by atoms with Crippen molar-refractivity contribution in [2.24, 2.45) is 0 Å².